The van der Waals surface area contributed by atoms with Crippen LogP contribution < -0.4 is 45.9 Å². The van der Waals surface area contributed by atoms with E-state index in [4.69, 9.17) is 60.1 Å². The fourth-order valence-electron chi connectivity index (χ4n) is 1.57. The lowest BCUT2D eigenvalue weighted by Crippen LogP contribution is -2.14. The van der Waals surface area contributed by atoms with Crippen molar-refractivity contribution in [2.45, 2.75) is 13.1 Å². The van der Waals surface area contributed by atoms with Crippen molar-refractivity contribution in [1.82, 2.24) is 0 Å². The Labute approximate surface area is 188 Å². The van der Waals surface area contributed by atoms with Gasteiger partial charge in [0.25, 0.3) is 0 Å². The van der Waals surface area contributed by atoms with E-state index in [0.717, 1.165) is 11.1 Å². The van der Waals surface area contributed by atoms with Gasteiger partial charge in [-0.2, -0.15) is 0 Å². The summed E-state index contributed by atoms with van der Waals surface area (Å²) < 4.78 is 15.0. The molecule has 0 aliphatic heterocycles. The van der Waals surface area contributed by atoms with E-state index in [0.29, 0.717) is 92.0 Å². The molecule has 0 saturated carbocycles. The normalized spacial score (nSPS) is 9.55. The zero-order valence-corrected chi connectivity index (χ0v) is 19.1. The first kappa shape index (κ1) is 34.4. The standard InChI is InChI=1S/C8H12N2.C6H16N2O2.C4H12N2O.C2H8N2/c9-5-7-1-2-8(6-10)4-3-7;7-1-3-9-5-6-10-4-2-8;5-1-3-7-4-2-6;3-1-2-4/h1-4H,5-6,9-10H2;1-8H2;1-6H2;1-4H2. The van der Waals surface area contributed by atoms with Gasteiger partial charge in [0.15, 0.2) is 0 Å². The van der Waals surface area contributed by atoms with Gasteiger partial charge in [0.05, 0.1) is 39.6 Å². The molecule has 0 saturated heterocycles. The zero-order valence-electron chi connectivity index (χ0n) is 19.1. The van der Waals surface area contributed by atoms with Gasteiger partial charge < -0.3 is 60.1 Å². The minimum absolute atomic E-state index is 0.566. The van der Waals surface area contributed by atoms with E-state index in [9.17, 15) is 0 Å². The molecule has 0 fully saturated rings. The van der Waals surface area contributed by atoms with E-state index in [-0.39, 0.29) is 0 Å². The van der Waals surface area contributed by atoms with Gasteiger partial charge in [0.1, 0.15) is 0 Å². The third-order valence-electron chi connectivity index (χ3n) is 3.08. The lowest BCUT2D eigenvalue weighted by atomic mass is 10.1. The smallest absolute Gasteiger partial charge is 0.0701 e. The largest absolute Gasteiger partial charge is 0.379 e. The summed E-state index contributed by atoms with van der Waals surface area (Å²) in [6.45, 7) is 8.37. The minimum Gasteiger partial charge on any atom is -0.379 e. The Morgan fingerprint density at radius 3 is 0.839 bits per heavy atom. The molecule has 0 bridgehead atoms. The number of hydrogen-bond donors (Lipinski definition) is 8. The van der Waals surface area contributed by atoms with Crippen LogP contribution in [0.4, 0.5) is 0 Å². The maximum absolute atomic E-state index is 5.41. The molecule has 1 aromatic rings. The lowest BCUT2D eigenvalue weighted by Gasteiger charge is -2.02. The van der Waals surface area contributed by atoms with Crippen molar-refractivity contribution >= 4 is 0 Å². The summed E-state index contributed by atoms with van der Waals surface area (Å²) in [6, 6.07) is 8.01. The predicted molar refractivity (Wildman–Crippen MR) is 129 cm³/mol. The zero-order chi connectivity index (χ0) is 24.0. The maximum Gasteiger partial charge on any atom is 0.0701 e. The fourth-order valence-corrected chi connectivity index (χ4v) is 1.57. The molecule has 0 aromatic heterocycles. The summed E-state index contributed by atoms with van der Waals surface area (Å²) in [7, 11) is 0. The molecule has 0 heterocycles. The predicted octanol–water partition coefficient (Wildman–Crippen LogP) is -2.63. The van der Waals surface area contributed by atoms with Crippen LogP contribution >= 0.6 is 0 Å². The molecular formula is C20H48N8O3. The van der Waals surface area contributed by atoms with Crippen LogP contribution in [0.1, 0.15) is 11.1 Å². The molecule has 0 amide bonds. The summed E-state index contributed by atoms with van der Waals surface area (Å²) in [5.74, 6) is 0. The Kier molecular flexibility index (Phi) is 37.1. The van der Waals surface area contributed by atoms with Gasteiger partial charge >= 0.3 is 0 Å². The van der Waals surface area contributed by atoms with Crippen molar-refractivity contribution in [3.63, 3.8) is 0 Å². The van der Waals surface area contributed by atoms with Crippen LogP contribution in [0, 0.1) is 0 Å². The topological polar surface area (TPSA) is 236 Å². The van der Waals surface area contributed by atoms with Crippen LogP contribution in [-0.2, 0) is 27.3 Å². The van der Waals surface area contributed by atoms with Crippen molar-refractivity contribution < 1.29 is 14.2 Å². The lowest BCUT2D eigenvalue weighted by molar-refractivity contribution is 0.0538. The third-order valence-corrected chi connectivity index (χ3v) is 3.08. The van der Waals surface area contributed by atoms with Gasteiger partial charge in [-0.3, -0.25) is 0 Å². The highest BCUT2D eigenvalue weighted by atomic mass is 16.5. The molecule has 0 radical (unpaired) electrons. The van der Waals surface area contributed by atoms with Gasteiger partial charge in [-0.25, -0.2) is 0 Å². The van der Waals surface area contributed by atoms with E-state index in [1.165, 1.54) is 0 Å². The first-order valence-corrected chi connectivity index (χ1v) is 10.5. The Bertz CT molecular complexity index is 377. The summed E-state index contributed by atoms with van der Waals surface area (Å²) in [5, 5.41) is 0. The molecule has 11 nitrogen and oxygen atoms in total. The minimum atomic E-state index is 0.566. The maximum atomic E-state index is 5.41. The third kappa shape index (κ3) is 33.6. The van der Waals surface area contributed by atoms with Crippen molar-refractivity contribution in [2.24, 2.45) is 45.9 Å². The van der Waals surface area contributed by atoms with Gasteiger partial charge in [-0.15, -0.1) is 0 Å². The van der Waals surface area contributed by atoms with Crippen molar-refractivity contribution in [1.29, 1.82) is 0 Å². The highest BCUT2D eigenvalue weighted by molar-refractivity contribution is 5.21. The highest BCUT2D eigenvalue weighted by Crippen LogP contribution is 2.01. The number of benzene rings is 1. The van der Waals surface area contributed by atoms with E-state index in [1.807, 2.05) is 24.3 Å². The van der Waals surface area contributed by atoms with Crippen molar-refractivity contribution in [3.8, 4) is 0 Å². The molecule has 0 unspecified atom stereocenters. The molecule has 0 spiro atoms. The first-order chi connectivity index (χ1) is 15.1. The Morgan fingerprint density at radius 1 is 0.387 bits per heavy atom. The summed E-state index contributed by atoms with van der Waals surface area (Å²) in [4.78, 5) is 0. The van der Waals surface area contributed by atoms with E-state index in [1.54, 1.807) is 0 Å². The van der Waals surface area contributed by atoms with Crippen LogP contribution in [0.3, 0.4) is 0 Å². The van der Waals surface area contributed by atoms with Crippen LogP contribution in [0.25, 0.3) is 0 Å². The Morgan fingerprint density at radius 2 is 0.645 bits per heavy atom. The van der Waals surface area contributed by atoms with Gasteiger partial charge in [0.2, 0.25) is 0 Å². The van der Waals surface area contributed by atoms with Gasteiger partial charge in [0, 0.05) is 52.4 Å². The second-order valence-electron chi connectivity index (χ2n) is 5.79. The molecule has 0 atom stereocenters. The first-order valence-electron chi connectivity index (χ1n) is 10.5. The molecule has 11 heteroatoms. The van der Waals surface area contributed by atoms with Crippen molar-refractivity contribution in [2.75, 3.05) is 78.9 Å². The van der Waals surface area contributed by atoms with E-state index < -0.39 is 0 Å². The quantitative estimate of drug-likeness (QED) is 0.137. The average molecular weight is 449 g/mol. The highest BCUT2D eigenvalue weighted by Gasteiger charge is 1.88. The van der Waals surface area contributed by atoms with Crippen LogP contribution in [0.15, 0.2) is 24.3 Å². The summed E-state index contributed by atoms with van der Waals surface area (Å²) in [6.07, 6.45) is 0. The van der Waals surface area contributed by atoms with Gasteiger partial charge in [-0.1, -0.05) is 24.3 Å². The molecule has 0 aliphatic carbocycles. The van der Waals surface area contributed by atoms with Crippen LogP contribution in [-0.4, -0.2) is 78.9 Å². The molecule has 31 heavy (non-hydrogen) atoms. The molecule has 16 N–H and O–H groups in total. The van der Waals surface area contributed by atoms with Crippen LogP contribution in [0.5, 0.6) is 0 Å². The second-order valence-corrected chi connectivity index (χ2v) is 5.79. The van der Waals surface area contributed by atoms with E-state index >= 15 is 0 Å². The molecule has 1 rings (SSSR count). The Hall–Kier alpha value is -1.22. The van der Waals surface area contributed by atoms with Crippen molar-refractivity contribution in [3.05, 3.63) is 35.4 Å². The van der Waals surface area contributed by atoms with Crippen LogP contribution in [0.2, 0.25) is 0 Å². The number of hydrogen-bond acceptors (Lipinski definition) is 11. The molecule has 186 valence electrons. The monoisotopic (exact) mass is 448 g/mol. The van der Waals surface area contributed by atoms with E-state index in [2.05, 4.69) is 0 Å². The number of rotatable bonds is 14. The number of nitrogens with two attached hydrogens (primary N) is 8. The fraction of sp³-hybridized carbons (Fsp3) is 0.700. The number of ether oxygens (including phenoxy) is 3. The van der Waals surface area contributed by atoms with Gasteiger partial charge in [-0.05, 0) is 11.1 Å². The molecular weight excluding hydrogens is 400 g/mol. The molecule has 1 aromatic carbocycles. The summed E-state index contributed by atoms with van der Waals surface area (Å²) >= 11 is 0. The molecule has 0 aliphatic rings. The Balaban J connectivity index is -0.000000354. The summed E-state index contributed by atoms with van der Waals surface area (Å²) in [5.41, 5.74) is 43.5. The SMILES string of the molecule is NCCN.NCCOCCN.NCCOCCOCCN.NCc1ccc(CN)cc1. The average Bonchev–Trinajstić information content (AvgIpc) is 2.83. The second kappa shape index (κ2) is 33.4.